The van der Waals surface area contributed by atoms with E-state index in [9.17, 15) is 18.0 Å². The Kier molecular flexibility index (Phi) is 4.01. The molecule has 1 aliphatic heterocycles. The van der Waals surface area contributed by atoms with Crippen LogP contribution < -0.4 is 5.32 Å². The van der Waals surface area contributed by atoms with Gasteiger partial charge in [-0.25, -0.2) is 4.98 Å². The van der Waals surface area contributed by atoms with Gasteiger partial charge in [0.15, 0.2) is 0 Å². The monoisotopic (exact) mass is 326 g/mol. The standard InChI is InChI=1S/C15H17F3N4O/c1-10-8-19-6-7-21(10)13(23)9-22-12-5-3-2-4-11(12)20-14(22)15(16,17)18/h2-5,10,19H,6-9H2,1H3/t10-/m0/s1. The van der Waals surface area contributed by atoms with Crippen molar-refractivity contribution >= 4 is 16.9 Å². The summed E-state index contributed by atoms with van der Waals surface area (Å²) in [6.45, 7) is 3.30. The first-order chi connectivity index (χ1) is 10.9. The topological polar surface area (TPSA) is 50.2 Å². The molecule has 0 spiro atoms. The molecule has 5 nitrogen and oxygen atoms in total. The Bertz CT molecular complexity index is 725. The highest BCUT2D eigenvalue weighted by Crippen LogP contribution is 2.31. The van der Waals surface area contributed by atoms with Gasteiger partial charge in [0.2, 0.25) is 11.7 Å². The van der Waals surface area contributed by atoms with Gasteiger partial charge in [-0.1, -0.05) is 12.1 Å². The van der Waals surface area contributed by atoms with Crippen molar-refractivity contribution in [3.8, 4) is 0 Å². The Morgan fingerprint density at radius 2 is 2.13 bits per heavy atom. The molecule has 0 saturated carbocycles. The number of benzene rings is 1. The number of aromatic nitrogens is 2. The highest BCUT2D eigenvalue weighted by atomic mass is 19.4. The number of rotatable bonds is 2. The summed E-state index contributed by atoms with van der Waals surface area (Å²) < 4.78 is 40.7. The lowest BCUT2D eigenvalue weighted by Crippen LogP contribution is -2.53. The van der Waals surface area contributed by atoms with Crippen molar-refractivity contribution in [3.05, 3.63) is 30.1 Å². The molecule has 1 aromatic heterocycles. The summed E-state index contributed by atoms with van der Waals surface area (Å²) in [5.74, 6) is -1.36. The molecule has 2 heterocycles. The highest BCUT2D eigenvalue weighted by molar-refractivity contribution is 5.81. The number of piperazine rings is 1. The fraction of sp³-hybridized carbons (Fsp3) is 0.467. The van der Waals surface area contributed by atoms with E-state index in [1.807, 2.05) is 6.92 Å². The zero-order valence-electron chi connectivity index (χ0n) is 12.6. The molecular weight excluding hydrogens is 309 g/mol. The highest BCUT2D eigenvalue weighted by Gasteiger charge is 2.38. The molecule has 1 amide bonds. The van der Waals surface area contributed by atoms with Crippen molar-refractivity contribution in [1.29, 1.82) is 0 Å². The van der Waals surface area contributed by atoms with E-state index in [2.05, 4.69) is 10.3 Å². The van der Waals surface area contributed by atoms with Crippen LogP contribution >= 0.6 is 0 Å². The predicted octanol–water partition coefficient (Wildman–Crippen LogP) is 1.88. The Hall–Kier alpha value is -2.09. The summed E-state index contributed by atoms with van der Waals surface area (Å²) in [6, 6.07) is 6.28. The van der Waals surface area contributed by atoms with E-state index in [1.54, 1.807) is 23.1 Å². The molecule has 2 aromatic rings. The van der Waals surface area contributed by atoms with Gasteiger partial charge in [0.1, 0.15) is 6.54 Å². The van der Waals surface area contributed by atoms with Gasteiger partial charge in [0.05, 0.1) is 11.0 Å². The summed E-state index contributed by atoms with van der Waals surface area (Å²) in [6.07, 6.45) is -4.60. The van der Waals surface area contributed by atoms with Crippen LogP contribution in [0.1, 0.15) is 12.7 Å². The second kappa shape index (κ2) is 5.84. The van der Waals surface area contributed by atoms with Crippen molar-refractivity contribution in [2.45, 2.75) is 25.7 Å². The lowest BCUT2D eigenvalue weighted by atomic mass is 10.2. The van der Waals surface area contributed by atoms with Gasteiger partial charge < -0.3 is 14.8 Å². The predicted molar refractivity (Wildman–Crippen MR) is 78.8 cm³/mol. The Balaban J connectivity index is 1.96. The first-order valence-corrected chi connectivity index (χ1v) is 7.40. The average molecular weight is 326 g/mol. The third-order valence-corrected chi connectivity index (χ3v) is 4.02. The lowest BCUT2D eigenvalue weighted by molar-refractivity contribution is -0.148. The van der Waals surface area contributed by atoms with Gasteiger partial charge in [-0.05, 0) is 19.1 Å². The molecule has 1 saturated heterocycles. The number of halogens is 3. The van der Waals surface area contributed by atoms with Crippen molar-refractivity contribution in [3.63, 3.8) is 0 Å². The normalized spacial score (nSPS) is 19.3. The fourth-order valence-corrected chi connectivity index (χ4v) is 2.89. The van der Waals surface area contributed by atoms with Crippen molar-refractivity contribution in [1.82, 2.24) is 19.8 Å². The van der Waals surface area contributed by atoms with E-state index in [0.717, 1.165) is 4.57 Å². The molecular formula is C15H17F3N4O. The number of fused-ring (bicyclic) bond motifs is 1. The van der Waals surface area contributed by atoms with Gasteiger partial charge in [-0.3, -0.25) is 4.79 Å². The van der Waals surface area contributed by atoms with Gasteiger partial charge in [-0.2, -0.15) is 13.2 Å². The molecule has 0 unspecified atom stereocenters. The van der Waals surface area contributed by atoms with Crippen LogP contribution in [0.25, 0.3) is 11.0 Å². The van der Waals surface area contributed by atoms with Crippen LogP contribution in [0.2, 0.25) is 0 Å². The molecule has 3 rings (SSSR count). The third-order valence-electron chi connectivity index (χ3n) is 4.02. The summed E-state index contributed by atoms with van der Waals surface area (Å²) in [5, 5.41) is 3.15. The van der Waals surface area contributed by atoms with Crippen LogP contribution in [-0.2, 0) is 17.5 Å². The number of carbonyl (C=O) groups excluding carboxylic acids is 1. The Labute approximate surface area is 131 Å². The summed E-state index contributed by atoms with van der Waals surface area (Å²) in [5.41, 5.74) is 0.553. The molecule has 1 fully saturated rings. The zero-order chi connectivity index (χ0) is 16.6. The number of imidazole rings is 1. The fourth-order valence-electron chi connectivity index (χ4n) is 2.89. The van der Waals surface area contributed by atoms with Crippen LogP contribution in [0.3, 0.4) is 0 Å². The number of hydrogen-bond donors (Lipinski definition) is 1. The maximum atomic E-state index is 13.2. The number of alkyl halides is 3. The minimum absolute atomic E-state index is 0.0413. The van der Waals surface area contributed by atoms with Crippen LogP contribution in [0.4, 0.5) is 13.2 Å². The quantitative estimate of drug-likeness (QED) is 0.917. The van der Waals surface area contributed by atoms with Crippen molar-refractivity contribution in [2.75, 3.05) is 19.6 Å². The second-order valence-electron chi connectivity index (χ2n) is 5.65. The number of nitrogens with one attached hydrogen (secondary N) is 1. The molecule has 0 bridgehead atoms. The molecule has 1 N–H and O–H groups in total. The van der Waals surface area contributed by atoms with Crippen molar-refractivity contribution < 1.29 is 18.0 Å². The second-order valence-corrected chi connectivity index (χ2v) is 5.65. The Morgan fingerprint density at radius 1 is 1.39 bits per heavy atom. The number of hydrogen-bond acceptors (Lipinski definition) is 3. The molecule has 23 heavy (non-hydrogen) atoms. The zero-order valence-corrected chi connectivity index (χ0v) is 12.6. The lowest BCUT2D eigenvalue weighted by Gasteiger charge is -2.34. The van der Waals surface area contributed by atoms with Gasteiger partial charge in [0, 0.05) is 25.7 Å². The van der Waals surface area contributed by atoms with Crippen LogP contribution in [0.15, 0.2) is 24.3 Å². The summed E-state index contributed by atoms with van der Waals surface area (Å²) in [4.78, 5) is 17.8. The molecule has 0 aliphatic carbocycles. The van der Waals surface area contributed by atoms with E-state index in [1.165, 1.54) is 6.07 Å². The number of nitrogens with zero attached hydrogens (tertiary/aromatic N) is 3. The molecule has 1 atom stereocenters. The van der Waals surface area contributed by atoms with Crippen LogP contribution in [0, 0.1) is 0 Å². The van der Waals surface area contributed by atoms with Crippen LogP contribution in [0.5, 0.6) is 0 Å². The molecule has 1 aromatic carbocycles. The number of carbonyl (C=O) groups is 1. The summed E-state index contributed by atoms with van der Waals surface area (Å²) in [7, 11) is 0. The molecule has 124 valence electrons. The van der Waals surface area contributed by atoms with Crippen molar-refractivity contribution in [2.24, 2.45) is 0 Å². The SMILES string of the molecule is C[C@H]1CNCCN1C(=O)Cn1c(C(F)(F)F)nc2ccccc21. The van der Waals surface area contributed by atoms with Crippen LogP contribution in [-0.4, -0.2) is 46.0 Å². The minimum atomic E-state index is -4.60. The minimum Gasteiger partial charge on any atom is -0.336 e. The van der Waals surface area contributed by atoms with E-state index >= 15 is 0 Å². The first-order valence-electron chi connectivity index (χ1n) is 7.40. The largest absolute Gasteiger partial charge is 0.449 e. The maximum Gasteiger partial charge on any atom is 0.449 e. The van der Waals surface area contributed by atoms with E-state index in [0.29, 0.717) is 25.2 Å². The molecule has 0 radical (unpaired) electrons. The van der Waals surface area contributed by atoms with E-state index < -0.39 is 12.0 Å². The molecule has 8 heteroatoms. The smallest absolute Gasteiger partial charge is 0.336 e. The van der Waals surface area contributed by atoms with E-state index in [4.69, 9.17) is 0 Å². The first kappa shape index (κ1) is 15.8. The molecule has 1 aliphatic rings. The van der Waals surface area contributed by atoms with E-state index in [-0.39, 0.29) is 24.0 Å². The number of para-hydroxylation sites is 2. The summed E-state index contributed by atoms with van der Waals surface area (Å²) >= 11 is 0. The van der Waals surface area contributed by atoms with Gasteiger partial charge >= 0.3 is 6.18 Å². The van der Waals surface area contributed by atoms with Gasteiger partial charge in [-0.15, -0.1) is 0 Å². The third kappa shape index (κ3) is 3.03. The Morgan fingerprint density at radius 3 is 2.83 bits per heavy atom. The maximum absolute atomic E-state index is 13.2. The average Bonchev–Trinajstić information content (AvgIpc) is 2.87. The van der Waals surface area contributed by atoms with Gasteiger partial charge in [0.25, 0.3) is 0 Å². The number of amides is 1.